The molecule has 0 aliphatic heterocycles. The summed E-state index contributed by atoms with van der Waals surface area (Å²) < 4.78 is 0. The molecule has 4 rings (SSSR count). The fourth-order valence-corrected chi connectivity index (χ4v) is 4.89. The smallest absolute Gasteiger partial charge is 0.0804 e. The second kappa shape index (κ2) is 7.08. The van der Waals surface area contributed by atoms with E-state index in [2.05, 4.69) is 26.2 Å². The molecule has 21 heavy (non-hydrogen) atoms. The lowest BCUT2D eigenvalue weighted by Crippen LogP contribution is -3.06. The highest BCUT2D eigenvalue weighted by Crippen LogP contribution is 2.53. The lowest BCUT2D eigenvalue weighted by atomic mass is 9.57. The van der Waals surface area contributed by atoms with Crippen LogP contribution in [0.1, 0.15) is 37.2 Å². The van der Waals surface area contributed by atoms with Crippen LogP contribution in [0.4, 0.5) is 0 Å². The van der Waals surface area contributed by atoms with Crippen LogP contribution in [0.2, 0.25) is 10.0 Å². The largest absolute Gasteiger partial charge is 1.00 e. The van der Waals surface area contributed by atoms with Crippen LogP contribution in [-0.2, 0) is 0 Å². The standard InChI is InChI=1S/C17H23Cl2N.ClH/c1-20(2)10-14-11-3-5-12(6-4-11)17(14)13-7-8-15(18)16(19)9-13;/h7-9,11-12,14,17H,3-6,10H2,1-2H3;1H/t11?,12?,14-,17+;/m0./s1. The van der Waals surface area contributed by atoms with Gasteiger partial charge in [0.05, 0.1) is 30.7 Å². The first kappa shape index (κ1) is 17.4. The number of rotatable bonds is 3. The number of quaternary nitrogens is 1. The Balaban J connectivity index is 0.00000161. The Hall–Kier alpha value is 0.0500. The zero-order chi connectivity index (χ0) is 14.3. The summed E-state index contributed by atoms with van der Waals surface area (Å²) in [6.07, 6.45) is 5.66. The summed E-state index contributed by atoms with van der Waals surface area (Å²) in [4.78, 5) is 1.56. The Labute approximate surface area is 144 Å². The molecule has 3 aliphatic carbocycles. The first-order valence-electron chi connectivity index (χ1n) is 7.80. The van der Waals surface area contributed by atoms with Crippen molar-refractivity contribution in [2.45, 2.75) is 31.6 Å². The van der Waals surface area contributed by atoms with Gasteiger partial charge >= 0.3 is 0 Å². The van der Waals surface area contributed by atoms with Gasteiger partial charge < -0.3 is 17.3 Å². The zero-order valence-electron chi connectivity index (χ0n) is 12.7. The molecule has 1 nitrogen and oxygen atoms in total. The summed E-state index contributed by atoms with van der Waals surface area (Å²) in [7, 11) is 4.54. The molecule has 4 heteroatoms. The maximum Gasteiger partial charge on any atom is 0.0804 e. The third-order valence-corrected chi connectivity index (χ3v) is 6.10. The van der Waals surface area contributed by atoms with E-state index in [1.807, 2.05) is 6.07 Å². The highest BCUT2D eigenvalue weighted by molar-refractivity contribution is 6.42. The van der Waals surface area contributed by atoms with Gasteiger partial charge in [0.15, 0.2) is 0 Å². The van der Waals surface area contributed by atoms with E-state index in [-0.39, 0.29) is 12.4 Å². The van der Waals surface area contributed by atoms with Crippen LogP contribution in [0, 0.1) is 17.8 Å². The van der Waals surface area contributed by atoms with Gasteiger partial charge in [0.2, 0.25) is 0 Å². The minimum atomic E-state index is 0. The molecule has 1 N–H and O–H groups in total. The molecule has 1 aromatic carbocycles. The molecule has 0 radical (unpaired) electrons. The Kier molecular flexibility index (Phi) is 5.87. The molecule has 0 heterocycles. The Morgan fingerprint density at radius 1 is 1.00 bits per heavy atom. The number of hydrogen-bond acceptors (Lipinski definition) is 0. The second-order valence-electron chi connectivity index (χ2n) is 6.95. The SMILES string of the molecule is C[NH+](C)C[C@H]1C2CCC(CC2)[C@@H]1c1ccc(Cl)c(Cl)c1.[Cl-]. The lowest BCUT2D eigenvalue weighted by Gasteiger charge is -2.49. The molecule has 0 amide bonds. The summed E-state index contributed by atoms with van der Waals surface area (Å²) in [6.45, 7) is 1.27. The molecular formula is C17H24Cl3N. The number of nitrogens with one attached hydrogen (secondary N) is 1. The number of halogens is 3. The van der Waals surface area contributed by atoms with Crippen LogP contribution >= 0.6 is 23.2 Å². The first-order valence-corrected chi connectivity index (χ1v) is 8.56. The van der Waals surface area contributed by atoms with E-state index < -0.39 is 0 Å². The second-order valence-corrected chi connectivity index (χ2v) is 7.76. The molecule has 0 aromatic heterocycles. The van der Waals surface area contributed by atoms with Crippen molar-refractivity contribution in [1.29, 1.82) is 0 Å². The maximum atomic E-state index is 6.25. The minimum absolute atomic E-state index is 0. The molecule has 2 bridgehead atoms. The van der Waals surface area contributed by atoms with Crippen molar-refractivity contribution in [3.05, 3.63) is 33.8 Å². The summed E-state index contributed by atoms with van der Waals surface area (Å²) in [6, 6.07) is 6.30. The average Bonchev–Trinajstić information content (AvgIpc) is 2.43. The predicted molar refractivity (Wildman–Crippen MR) is 85.8 cm³/mol. The van der Waals surface area contributed by atoms with E-state index in [9.17, 15) is 0 Å². The van der Waals surface area contributed by atoms with Crippen molar-refractivity contribution in [3.63, 3.8) is 0 Å². The number of fused-ring (bicyclic) bond motifs is 3. The molecule has 0 spiro atoms. The van der Waals surface area contributed by atoms with Gasteiger partial charge in [0.1, 0.15) is 0 Å². The topological polar surface area (TPSA) is 4.44 Å². The highest BCUT2D eigenvalue weighted by Gasteiger charge is 2.45. The van der Waals surface area contributed by atoms with Crippen LogP contribution < -0.4 is 17.3 Å². The molecule has 118 valence electrons. The van der Waals surface area contributed by atoms with Crippen LogP contribution in [0.15, 0.2) is 18.2 Å². The summed E-state index contributed by atoms with van der Waals surface area (Å²) >= 11 is 12.3. The van der Waals surface area contributed by atoms with Crippen LogP contribution in [0.3, 0.4) is 0 Å². The maximum absolute atomic E-state index is 6.25. The van der Waals surface area contributed by atoms with Gasteiger partial charge in [-0.15, -0.1) is 0 Å². The van der Waals surface area contributed by atoms with Crippen molar-refractivity contribution >= 4 is 23.2 Å². The number of benzene rings is 1. The Morgan fingerprint density at radius 3 is 2.19 bits per heavy atom. The fraction of sp³-hybridized carbons (Fsp3) is 0.647. The van der Waals surface area contributed by atoms with Gasteiger partial charge in [-0.1, -0.05) is 29.3 Å². The van der Waals surface area contributed by atoms with Crippen LogP contribution in [-0.4, -0.2) is 20.6 Å². The van der Waals surface area contributed by atoms with Gasteiger partial charge in [0, 0.05) is 5.92 Å². The monoisotopic (exact) mass is 347 g/mol. The first-order chi connectivity index (χ1) is 9.56. The van der Waals surface area contributed by atoms with Gasteiger partial charge in [-0.3, -0.25) is 0 Å². The molecule has 0 saturated heterocycles. The molecule has 3 saturated carbocycles. The van der Waals surface area contributed by atoms with Gasteiger partial charge in [-0.25, -0.2) is 0 Å². The normalized spacial score (nSPS) is 31.3. The zero-order valence-corrected chi connectivity index (χ0v) is 15.0. The van der Waals surface area contributed by atoms with E-state index in [1.165, 1.54) is 37.8 Å². The third-order valence-electron chi connectivity index (χ3n) is 5.36. The lowest BCUT2D eigenvalue weighted by molar-refractivity contribution is -0.863. The Bertz CT molecular complexity index is 481. The summed E-state index contributed by atoms with van der Waals surface area (Å²) in [5.74, 6) is 3.26. The van der Waals surface area contributed by atoms with E-state index in [0.29, 0.717) is 16.0 Å². The van der Waals surface area contributed by atoms with Crippen LogP contribution in [0.25, 0.3) is 0 Å². The van der Waals surface area contributed by atoms with Gasteiger partial charge in [-0.2, -0.15) is 0 Å². The van der Waals surface area contributed by atoms with Crippen molar-refractivity contribution in [3.8, 4) is 0 Å². The molecular weight excluding hydrogens is 325 g/mol. The van der Waals surface area contributed by atoms with Crippen molar-refractivity contribution in [2.75, 3.05) is 20.6 Å². The molecule has 1 aromatic rings. The van der Waals surface area contributed by atoms with Crippen molar-refractivity contribution in [1.82, 2.24) is 0 Å². The van der Waals surface area contributed by atoms with E-state index in [4.69, 9.17) is 23.2 Å². The van der Waals surface area contributed by atoms with E-state index in [0.717, 1.165) is 17.8 Å². The van der Waals surface area contributed by atoms with Crippen molar-refractivity contribution < 1.29 is 17.3 Å². The molecule has 2 atom stereocenters. The summed E-state index contributed by atoms with van der Waals surface area (Å²) in [5, 5.41) is 1.38. The molecule has 3 fully saturated rings. The predicted octanol–water partition coefficient (Wildman–Crippen LogP) is 0.662. The number of hydrogen-bond donors (Lipinski definition) is 1. The Morgan fingerprint density at radius 2 is 1.62 bits per heavy atom. The van der Waals surface area contributed by atoms with Gasteiger partial charge in [-0.05, 0) is 61.1 Å². The van der Waals surface area contributed by atoms with Crippen LogP contribution in [0.5, 0.6) is 0 Å². The van der Waals surface area contributed by atoms with E-state index >= 15 is 0 Å². The van der Waals surface area contributed by atoms with E-state index in [1.54, 1.807) is 4.90 Å². The third kappa shape index (κ3) is 3.52. The fourth-order valence-electron chi connectivity index (χ4n) is 4.58. The van der Waals surface area contributed by atoms with Crippen molar-refractivity contribution in [2.24, 2.45) is 17.8 Å². The summed E-state index contributed by atoms with van der Waals surface area (Å²) in [5.41, 5.74) is 1.42. The molecule has 0 unspecified atom stereocenters. The minimum Gasteiger partial charge on any atom is -1.00 e. The van der Waals surface area contributed by atoms with Gasteiger partial charge in [0.25, 0.3) is 0 Å². The highest BCUT2D eigenvalue weighted by atomic mass is 35.5. The molecule has 3 aliphatic rings. The quantitative estimate of drug-likeness (QED) is 0.819. The average molecular weight is 349 g/mol.